The van der Waals surface area contributed by atoms with Gasteiger partial charge in [0, 0.05) is 11.8 Å². The quantitative estimate of drug-likeness (QED) is 0.466. The number of hydrogen-bond donors (Lipinski definition) is 2. The number of carbonyl (C=O) groups is 1. The number of halogens is 3. The summed E-state index contributed by atoms with van der Waals surface area (Å²) in [5, 5.41) is 11.2. The summed E-state index contributed by atoms with van der Waals surface area (Å²) in [5.74, 6) is -0.518. The standard InChI is InChI=1S/C14H15F3N2O3S/c1-3-23(21,22)12-8-10(4-5-11(12)9(2)20)19-7-6-13(18)14(15,16)17/h4-8,19H,3H2,1-2H3,(H,21,22)/b7-6-. The zero-order valence-electron chi connectivity index (χ0n) is 12.3. The number of ketones is 1. The summed E-state index contributed by atoms with van der Waals surface area (Å²) < 4.78 is 58.3. The topological polar surface area (TPSA) is 88.7 Å². The molecule has 0 aromatic heterocycles. The van der Waals surface area contributed by atoms with E-state index in [1.165, 1.54) is 32.0 Å². The van der Waals surface area contributed by atoms with Gasteiger partial charge in [-0.25, -0.2) is 0 Å². The molecule has 5 nitrogen and oxygen atoms in total. The zero-order chi connectivity index (χ0) is 17.8. The van der Waals surface area contributed by atoms with E-state index in [2.05, 4.69) is 5.32 Å². The number of anilines is 1. The van der Waals surface area contributed by atoms with Crippen LogP contribution in [-0.2, 0) is 14.4 Å². The Kier molecular flexibility index (Phi) is 5.84. The van der Waals surface area contributed by atoms with E-state index in [1.54, 1.807) is 0 Å². The third-order valence-electron chi connectivity index (χ3n) is 2.88. The fourth-order valence-corrected chi connectivity index (χ4v) is 2.81. The van der Waals surface area contributed by atoms with Gasteiger partial charge in [0.05, 0.1) is 5.56 Å². The molecule has 0 amide bonds. The van der Waals surface area contributed by atoms with Crippen LogP contribution in [-0.4, -0.2) is 28.0 Å². The molecule has 1 aromatic rings. The smallest absolute Gasteiger partial charge is 0.395 e. The Balaban J connectivity index is 3.10. The highest BCUT2D eigenvalue weighted by molar-refractivity contribution is 7.97. The van der Waals surface area contributed by atoms with Gasteiger partial charge < -0.3 is 10.7 Å². The molecular formula is C14H15F3N2O3S. The van der Waals surface area contributed by atoms with Crippen LogP contribution in [0.4, 0.5) is 18.9 Å². The van der Waals surface area contributed by atoms with Gasteiger partial charge in [0.25, 0.3) is 0 Å². The van der Waals surface area contributed by atoms with Crippen molar-refractivity contribution in [3.05, 3.63) is 41.4 Å². The highest BCUT2D eigenvalue weighted by Crippen LogP contribution is 2.26. The molecule has 0 saturated carbocycles. The summed E-state index contributed by atoms with van der Waals surface area (Å²) in [6.45, 7) is 2.72. The number of allylic oxidation sites excluding steroid dienone is 1. The molecule has 1 rings (SSSR count). The van der Waals surface area contributed by atoms with Gasteiger partial charge in [-0.1, -0.05) is 16.0 Å². The second-order valence-electron chi connectivity index (χ2n) is 4.56. The molecular weight excluding hydrogens is 333 g/mol. The number of carbonyl (C=O) groups excluding carboxylic acids is 1. The minimum atomic E-state index is -4.86. The average molecular weight is 348 g/mol. The van der Waals surface area contributed by atoms with E-state index in [0.717, 1.165) is 6.20 Å². The molecule has 1 aromatic carbocycles. The fourth-order valence-electron chi connectivity index (χ4n) is 1.63. The third-order valence-corrected chi connectivity index (χ3v) is 4.69. The molecule has 126 valence electrons. The lowest BCUT2D eigenvalue weighted by Crippen LogP contribution is -2.19. The Morgan fingerprint density at radius 3 is 2.52 bits per heavy atom. The van der Waals surface area contributed by atoms with Gasteiger partial charge in [0.2, 0.25) is 15.1 Å². The fraction of sp³-hybridized carbons (Fsp3) is 0.286. The molecule has 0 aliphatic heterocycles. The first-order valence-electron chi connectivity index (χ1n) is 6.44. The van der Waals surface area contributed by atoms with Gasteiger partial charge >= 0.3 is 6.18 Å². The molecule has 1 unspecified atom stereocenters. The first-order chi connectivity index (χ1) is 10.5. The van der Waals surface area contributed by atoms with E-state index < -0.39 is 27.9 Å². The Bertz CT molecular complexity index is 699. The molecule has 0 bridgehead atoms. The van der Waals surface area contributed by atoms with E-state index in [1.807, 2.05) is 0 Å². The molecule has 2 N–H and O–H groups in total. The second-order valence-corrected chi connectivity index (χ2v) is 6.85. The number of hydrogen-bond acceptors (Lipinski definition) is 3. The van der Waals surface area contributed by atoms with Crippen molar-refractivity contribution < 1.29 is 26.7 Å². The molecule has 1 atom stereocenters. The van der Waals surface area contributed by atoms with Crippen molar-refractivity contribution in [2.24, 2.45) is 0 Å². The molecule has 9 heteroatoms. The zero-order valence-corrected chi connectivity index (χ0v) is 13.2. The van der Waals surface area contributed by atoms with Crippen LogP contribution in [0.5, 0.6) is 0 Å². The van der Waals surface area contributed by atoms with Gasteiger partial charge in [0.1, 0.15) is 5.75 Å². The predicted molar refractivity (Wildman–Crippen MR) is 83.1 cm³/mol. The maximum Gasteiger partial charge on any atom is 0.395 e. The van der Waals surface area contributed by atoms with Crippen LogP contribution >= 0.6 is 0 Å². The lowest BCUT2D eigenvalue weighted by Gasteiger charge is -2.12. The largest absolute Gasteiger partial charge is 0.800 e. The van der Waals surface area contributed by atoms with Gasteiger partial charge in [-0.2, -0.15) is 17.7 Å². The van der Waals surface area contributed by atoms with E-state index >= 15 is 0 Å². The summed E-state index contributed by atoms with van der Waals surface area (Å²) in [7, 11) is -3.43. The first-order valence-corrected chi connectivity index (χ1v) is 8.13. The van der Waals surface area contributed by atoms with Gasteiger partial charge in [-0.05, 0) is 32.2 Å². The van der Waals surface area contributed by atoms with E-state index in [9.17, 15) is 26.7 Å². The minimum Gasteiger partial charge on any atom is -0.800 e. The molecule has 0 radical (unpaired) electrons. The van der Waals surface area contributed by atoms with Gasteiger partial charge in [0.15, 0.2) is 5.78 Å². The third kappa shape index (κ3) is 5.00. The van der Waals surface area contributed by atoms with E-state index in [4.69, 9.17) is 5.41 Å². The van der Waals surface area contributed by atoms with Crippen LogP contribution in [0.25, 0.3) is 5.41 Å². The first kappa shape index (κ1) is 19.0. The molecule has 0 heterocycles. The Morgan fingerprint density at radius 1 is 1.43 bits per heavy atom. The van der Waals surface area contributed by atoms with Crippen molar-refractivity contribution in [1.82, 2.24) is 0 Å². The summed E-state index contributed by atoms with van der Waals surface area (Å²) in [6, 6.07) is 3.91. The number of nitrogens with one attached hydrogen (secondary N) is 1. The SMILES string of the molecule is CC[S+](=O)(O)c1cc(N/C=C\C(=[N-])C(F)(F)F)ccc1C(C)=O. The summed E-state index contributed by atoms with van der Waals surface area (Å²) >= 11 is 0. The van der Waals surface area contributed by atoms with Crippen molar-refractivity contribution in [1.29, 1.82) is 0 Å². The number of Topliss-reactive ketones (excluding diaryl/α,β-unsaturated/α-hetero) is 1. The van der Waals surface area contributed by atoms with Crippen LogP contribution in [0, 0.1) is 0 Å². The highest BCUT2D eigenvalue weighted by Gasteiger charge is 2.31. The van der Waals surface area contributed by atoms with E-state index in [0.29, 0.717) is 6.08 Å². The number of nitrogens with zero attached hydrogens (tertiary/aromatic N) is 1. The van der Waals surface area contributed by atoms with Crippen molar-refractivity contribution in [2.45, 2.75) is 24.9 Å². The van der Waals surface area contributed by atoms with Gasteiger partial charge in [-0.15, -0.1) is 0 Å². The number of benzene rings is 1. The minimum absolute atomic E-state index is 0.0681. The normalized spacial score (nSPS) is 14.5. The van der Waals surface area contributed by atoms with Gasteiger partial charge in [-0.3, -0.25) is 4.79 Å². The van der Waals surface area contributed by atoms with Crippen LogP contribution in [0.3, 0.4) is 0 Å². The van der Waals surface area contributed by atoms with Crippen molar-refractivity contribution in [3.8, 4) is 0 Å². The molecule has 0 spiro atoms. The predicted octanol–water partition coefficient (Wildman–Crippen LogP) is 3.74. The average Bonchev–Trinajstić information content (AvgIpc) is 2.45. The van der Waals surface area contributed by atoms with E-state index in [-0.39, 0.29) is 21.9 Å². The summed E-state index contributed by atoms with van der Waals surface area (Å²) in [6.07, 6.45) is -3.61. The van der Waals surface area contributed by atoms with Crippen LogP contribution in [0.15, 0.2) is 35.4 Å². The Morgan fingerprint density at radius 2 is 2.04 bits per heavy atom. The van der Waals surface area contributed by atoms with Crippen LogP contribution < -0.4 is 5.32 Å². The Hall–Kier alpha value is -2.00. The molecule has 0 aliphatic rings. The van der Waals surface area contributed by atoms with Crippen LogP contribution in [0.2, 0.25) is 0 Å². The summed E-state index contributed by atoms with van der Waals surface area (Å²) in [5.41, 5.74) is -1.52. The monoisotopic (exact) mass is 348 g/mol. The number of rotatable bonds is 6. The molecule has 0 fully saturated rings. The Labute approximate surface area is 132 Å². The second kappa shape index (κ2) is 7.05. The summed E-state index contributed by atoms with van der Waals surface area (Å²) in [4.78, 5) is 11.4. The van der Waals surface area contributed by atoms with Crippen molar-refractivity contribution >= 4 is 27.4 Å². The highest BCUT2D eigenvalue weighted by atomic mass is 32.3. The molecule has 0 aliphatic carbocycles. The maximum absolute atomic E-state index is 12.1. The molecule has 0 saturated heterocycles. The maximum atomic E-state index is 12.1. The van der Waals surface area contributed by atoms with Crippen LogP contribution in [0.1, 0.15) is 24.2 Å². The van der Waals surface area contributed by atoms with Crippen molar-refractivity contribution in [3.63, 3.8) is 0 Å². The lowest BCUT2D eigenvalue weighted by molar-refractivity contribution is -0.0564. The van der Waals surface area contributed by atoms with Crippen molar-refractivity contribution in [2.75, 3.05) is 11.1 Å². The molecule has 23 heavy (non-hydrogen) atoms. The lowest BCUT2D eigenvalue weighted by atomic mass is 10.1. The number of alkyl halides is 3.